The van der Waals surface area contributed by atoms with Gasteiger partial charge in [0, 0.05) is 31.7 Å². The molecule has 2 N–H and O–H groups in total. The Kier molecular flexibility index (Phi) is 8.06. The Morgan fingerprint density at radius 1 is 1.22 bits per heavy atom. The van der Waals surface area contributed by atoms with Gasteiger partial charge in [0.2, 0.25) is 11.8 Å². The number of rotatable bonds is 7. The molecular weight excluding hydrogens is 314 g/mol. The van der Waals surface area contributed by atoms with Crippen molar-refractivity contribution in [2.45, 2.75) is 26.7 Å². The van der Waals surface area contributed by atoms with Crippen molar-refractivity contribution >= 4 is 29.9 Å². The van der Waals surface area contributed by atoms with Gasteiger partial charge in [-0.2, -0.15) is 0 Å². The van der Waals surface area contributed by atoms with Gasteiger partial charge in [0.05, 0.1) is 5.92 Å². The van der Waals surface area contributed by atoms with Gasteiger partial charge in [-0.1, -0.05) is 26.0 Å². The number of nitrogens with one attached hydrogen (secondary N) is 2. The summed E-state index contributed by atoms with van der Waals surface area (Å²) in [6, 6.07) is 7.99. The SMILES string of the molecule is CCNCCNC(=O)C1CC(=O)N(c2ccc(CC)cc2)C1.Cl. The molecular formula is C17H26ClN3O2. The van der Waals surface area contributed by atoms with Crippen molar-refractivity contribution in [2.75, 3.05) is 31.1 Å². The molecule has 0 aliphatic carbocycles. The van der Waals surface area contributed by atoms with E-state index in [9.17, 15) is 9.59 Å². The van der Waals surface area contributed by atoms with Crippen LogP contribution >= 0.6 is 12.4 Å². The number of nitrogens with zero attached hydrogens (tertiary/aromatic N) is 1. The summed E-state index contributed by atoms with van der Waals surface area (Å²) < 4.78 is 0. The lowest BCUT2D eigenvalue weighted by molar-refractivity contribution is -0.126. The molecule has 128 valence electrons. The molecule has 1 aromatic rings. The molecule has 0 spiro atoms. The molecule has 1 heterocycles. The van der Waals surface area contributed by atoms with E-state index in [1.165, 1.54) is 5.56 Å². The Balaban J connectivity index is 0.00000264. The number of carbonyl (C=O) groups excluding carboxylic acids is 2. The predicted octanol–water partition coefficient (Wildman–Crippen LogP) is 1.75. The molecule has 0 aromatic heterocycles. The highest BCUT2D eigenvalue weighted by molar-refractivity contribution is 6.00. The number of halogens is 1. The third-order valence-electron chi connectivity index (χ3n) is 4.00. The van der Waals surface area contributed by atoms with Crippen molar-refractivity contribution in [3.05, 3.63) is 29.8 Å². The van der Waals surface area contributed by atoms with Gasteiger partial charge >= 0.3 is 0 Å². The molecule has 2 rings (SSSR count). The summed E-state index contributed by atoms with van der Waals surface area (Å²) in [5.74, 6) is -0.255. The van der Waals surface area contributed by atoms with Gasteiger partial charge in [0.25, 0.3) is 0 Å². The van der Waals surface area contributed by atoms with E-state index in [2.05, 4.69) is 17.6 Å². The van der Waals surface area contributed by atoms with Gasteiger partial charge in [-0.05, 0) is 30.7 Å². The Morgan fingerprint density at radius 2 is 1.91 bits per heavy atom. The first-order valence-corrected chi connectivity index (χ1v) is 8.03. The topological polar surface area (TPSA) is 61.4 Å². The fourth-order valence-electron chi connectivity index (χ4n) is 2.64. The van der Waals surface area contributed by atoms with E-state index in [0.717, 1.165) is 25.2 Å². The van der Waals surface area contributed by atoms with E-state index in [-0.39, 0.29) is 30.1 Å². The van der Waals surface area contributed by atoms with Crippen molar-refractivity contribution < 1.29 is 9.59 Å². The molecule has 1 saturated heterocycles. The second-order valence-corrected chi connectivity index (χ2v) is 5.57. The minimum absolute atomic E-state index is 0. The van der Waals surface area contributed by atoms with Gasteiger partial charge < -0.3 is 15.5 Å². The Morgan fingerprint density at radius 3 is 2.52 bits per heavy atom. The predicted molar refractivity (Wildman–Crippen MR) is 95.1 cm³/mol. The van der Waals surface area contributed by atoms with Crippen LogP contribution in [0.25, 0.3) is 0 Å². The molecule has 1 aromatic carbocycles. The van der Waals surface area contributed by atoms with Crippen LogP contribution in [0.4, 0.5) is 5.69 Å². The van der Waals surface area contributed by atoms with Gasteiger partial charge in [-0.3, -0.25) is 9.59 Å². The molecule has 0 bridgehead atoms. The zero-order valence-corrected chi connectivity index (χ0v) is 14.6. The molecule has 0 saturated carbocycles. The van der Waals surface area contributed by atoms with Gasteiger partial charge in [-0.15, -0.1) is 12.4 Å². The van der Waals surface area contributed by atoms with Crippen molar-refractivity contribution in [1.29, 1.82) is 0 Å². The van der Waals surface area contributed by atoms with Crippen LogP contribution in [0.2, 0.25) is 0 Å². The van der Waals surface area contributed by atoms with Crippen molar-refractivity contribution in [3.63, 3.8) is 0 Å². The number of hydrogen-bond acceptors (Lipinski definition) is 3. The normalized spacial score (nSPS) is 17.0. The Hall–Kier alpha value is -1.59. The average Bonchev–Trinajstić information content (AvgIpc) is 2.93. The van der Waals surface area contributed by atoms with Crippen LogP contribution in [0, 0.1) is 5.92 Å². The molecule has 5 nitrogen and oxygen atoms in total. The number of carbonyl (C=O) groups is 2. The van der Waals surface area contributed by atoms with Crippen molar-refractivity contribution in [1.82, 2.24) is 10.6 Å². The van der Waals surface area contributed by atoms with Crippen LogP contribution in [-0.2, 0) is 16.0 Å². The lowest BCUT2D eigenvalue weighted by Crippen LogP contribution is -2.37. The zero-order chi connectivity index (χ0) is 15.9. The minimum Gasteiger partial charge on any atom is -0.355 e. The van der Waals surface area contributed by atoms with E-state index in [1.54, 1.807) is 4.90 Å². The van der Waals surface area contributed by atoms with Crippen LogP contribution in [0.15, 0.2) is 24.3 Å². The van der Waals surface area contributed by atoms with Crippen LogP contribution in [-0.4, -0.2) is 38.0 Å². The summed E-state index contributed by atoms with van der Waals surface area (Å²) in [6.07, 6.45) is 1.27. The number of likely N-dealkylation sites (N-methyl/N-ethyl adjacent to an activating group) is 1. The second-order valence-electron chi connectivity index (χ2n) is 5.57. The molecule has 1 unspecified atom stereocenters. The number of anilines is 1. The van der Waals surface area contributed by atoms with Crippen LogP contribution < -0.4 is 15.5 Å². The zero-order valence-electron chi connectivity index (χ0n) is 13.8. The average molecular weight is 340 g/mol. The smallest absolute Gasteiger partial charge is 0.227 e. The van der Waals surface area contributed by atoms with Crippen LogP contribution in [0.1, 0.15) is 25.8 Å². The van der Waals surface area contributed by atoms with Gasteiger partial charge in [0.15, 0.2) is 0 Å². The maximum atomic E-state index is 12.2. The highest BCUT2D eigenvalue weighted by Crippen LogP contribution is 2.25. The molecule has 23 heavy (non-hydrogen) atoms. The Labute approximate surface area is 144 Å². The maximum Gasteiger partial charge on any atom is 0.227 e. The number of benzene rings is 1. The summed E-state index contributed by atoms with van der Waals surface area (Å²) in [5.41, 5.74) is 2.12. The first kappa shape index (κ1) is 19.5. The van der Waals surface area contributed by atoms with Gasteiger partial charge in [0.1, 0.15) is 0 Å². The van der Waals surface area contributed by atoms with E-state index >= 15 is 0 Å². The quantitative estimate of drug-likeness (QED) is 0.744. The van der Waals surface area contributed by atoms with Crippen LogP contribution in [0.5, 0.6) is 0 Å². The molecule has 1 fully saturated rings. The summed E-state index contributed by atoms with van der Waals surface area (Å²) in [4.78, 5) is 26.0. The fraction of sp³-hybridized carbons (Fsp3) is 0.529. The molecule has 1 aliphatic heterocycles. The third kappa shape index (κ3) is 5.22. The number of aryl methyl sites for hydroxylation is 1. The first-order valence-electron chi connectivity index (χ1n) is 8.03. The monoisotopic (exact) mass is 339 g/mol. The van der Waals surface area contributed by atoms with Crippen LogP contribution in [0.3, 0.4) is 0 Å². The molecule has 1 atom stereocenters. The summed E-state index contributed by atoms with van der Waals surface area (Å²) in [7, 11) is 0. The van der Waals surface area contributed by atoms with Crippen molar-refractivity contribution in [2.24, 2.45) is 5.92 Å². The molecule has 0 radical (unpaired) electrons. The summed E-state index contributed by atoms with van der Waals surface area (Å²) in [6.45, 7) is 6.84. The lowest BCUT2D eigenvalue weighted by atomic mass is 10.1. The first-order chi connectivity index (χ1) is 10.7. The van der Waals surface area contributed by atoms with E-state index in [1.807, 2.05) is 31.2 Å². The van der Waals surface area contributed by atoms with Crippen molar-refractivity contribution in [3.8, 4) is 0 Å². The second kappa shape index (κ2) is 9.53. The third-order valence-corrected chi connectivity index (χ3v) is 4.00. The minimum atomic E-state index is -0.250. The highest BCUT2D eigenvalue weighted by atomic mass is 35.5. The maximum absolute atomic E-state index is 12.2. The molecule has 1 aliphatic rings. The summed E-state index contributed by atoms with van der Waals surface area (Å²) in [5, 5.41) is 6.05. The highest BCUT2D eigenvalue weighted by Gasteiger charge is 2.34. The van der Waals surface area contributed by atoms with Gasteiger partial charge in [-0.25, -0.2) is 0 Å². The molecule has 6 heteroatoms. The van der Waals surface area contributed by atoms with E-state index in [0.29, 0.717) is 19.5 Å². The number of amides is 2. The summed E-state index contributed by atoms with van der Waals surface area (Å²) >= 11 is 0. The number of hydrogen-bond donors (Lipinski definition) is 2. The fourth-order valence-corrected chi connectivity index (χ4v) is 2.64. The lowest BCUT2D eigenvalue weighted by Gasteiger charge is -2.17. The molecule has 2 amide bonds. The van der Waals surface area contributed by atoms with E-state index in [4.69, 9.17) is 0 Å². The largest absolute Gasteiger partial charge is 0.355 e. The Bertz CT molecular complexity index is 519. The van der Waals surface area contributed by atoms with E-state index < -0.39 is 0 Å². The standard InChI is InChI=1S/C17H25N3O2.ClH/c1-3-13-5-7-15(8-6-13)20-12-14(11-16(20)21)17(22)19-10-9-18-4-2;/h5-8,14,18H,3-4,9-12H2,1-2H3,(H,19,22);1H.